The SMILES string of the molecule is C=CCN(CCC)C(=O)[C@@H]1[C@H]2C(=O)N(CCCCO)C(C(=O)N(CC=C)C(C)(C)C)C23CC[C@@]1(C)S3. The number of unbranched alkanes of at least 4 members (excludes halogenated alkanes) is 1. The van der Waals surface area contributed by atoms with E-state index in [1.54, 1.807) is 28.8 Å². The molecule has 8 heteroatoms. The second-order valence-corrected chi connectivity index (χ2v) is 13.6. The van der Waals surface area contributed by atoms with Gasteiger partial charge in [-0.2, -0.15) is 0 Å². The van der Waals surface area contributed by atoms with Gasteiger partial charge >= 0.3 is 0 Å². The van der Waals surface area contributed by atoms with Crippen molar-refractivity contribution in [3.63, 3.8) is 0 Å². The summed E-state index contributed by atoms with van der Waals surface area (Å²) in [5.41, 5.74) is -0.442. The molecule has 0 aromatic rings. The van der Waals surface area contributed by atoms with E-state index in [0.29, 0.717) is 39.0 Å². The summed E-state index contributed by atoms with van der Waals surface area (Å²) >= 11 is 1.71. The van der Waals surface area contributed by atoms with E-state index in [1.165, 1.54) is 0 Å². The number of aliphatic hydroxyl groups excluding tert-OH is 1. The van der Waals surface area contributed by atoms with Crippen molar-refractivity contribution >= 4 is 29.5 Å². The van der Waals surface area contributed by atoms with Crippen molar-refractivity contribution in [2.24, 2.45) is 11.8 Å². The highest BCUT2D eigenvalue weighted by atomic mass is 32.2. The number of nitrogens with zero attached hydrogens (tertiary/aromatic N) is 3. The zero-order valence-corrected chi connectivity index (χ0v) is 23.6. The third kappa shape index (κ3) is 4.75. The molecular weight excluding hydrogens is 474 g/mol. The Morgan fingerprint density at radius 1 is 1.17 bits per heavy atom. The zero-order valence-electron chi connectivity index (χ0n) is 22.8. The van der Waals surface area contributed by atoms with Crippen LogP contribution in [0.1, 0.15) is 66.7 Å². The predicted molar refractivity (Wildman–Crippen MR) is 145 cm³/mol. The topological polar surface area (TPSA) is 81.2 Å². The Balaban J connectivity index is 2.09. The third-order valence-electron chi connectivity index (χ3n) is 8.13. The monoisotopic (exact) mass is 519 g/mol. The Bertz CT molecular complexity index is 887. The van der Waals surface area contributed by atoms with Gasteiger partial charge in [-0.25, -0.2) is 0 Å². The summed E-state index contributed by atoms with van der Waals surface area (Å²) in [6, 6.07) is -0.628. The smallest absolute Gasteiger partial charge is 0.247 e. The van der Waals surface area contributed by atoms with E-state index >= 15 is 0 Å². The molecule has 3 fully saturated rings. The molecular formula is C28H45N3O4S. The normalized spacial score (nSPS) is 30.9. The highest BCUT2D eigenvalue weighted by molar-refractivity contribution is 8.02. The summed E-state index contributed by atoms with van der Waals surface area (Å²) in [6.07, 6.45) is 7.03. The molecule has 0 aliphatic carbocycles. The molecule has 0 aromatic heterocycles. The fourth-order valence-electron chi connectivity index (χ4n) is 6.60. The molecule has 1 N–H and O–H groups in total. The molecule has 3 aliphatic rings. The molecule has 3 heterocycles. The average molecular weight is 520 g/mol. The van der Waals surface area contributed by atoms with Crippen molar-refractivity contribution in [2.75, 3.05) is 32.8 Å². The highest BCUT2D eigenvalue weighted by Crippen LogP contribution is 2.71. The largest absolute Gasteiger partial charge is 0.396 e. The Morgan fingerprint density at radius 3 is 2.39 bits per heavy atom. The zero-order chi connectivity index (χ0) is 26.9. The van der Waals surface area contributed by atoms with Crippen molar-refractivity contribution in [1.82, 2.24) is 14.7 Å². The van der Waals surface area contributed by atoms with Gasteiger partial charge in [-0.05, 0) is 59.8 Å². The second-order valence-electron chi connectivity index (χ2n) is 11.7. The van der Waals surface area contributed by atoms with E-state index in [2.05, 4.69) is 20.1 Å². The van der Waals surface area contributed by atoms with Crippen LogP contribution in [-0.4, -0.2) is 91.4 Å². The summed E-state index contributed by atoms with van der Waals surface area (Å²) in [4.78, 5) is 47.9. The maximum atomic E-state index is 14.3. The van der Waals surface area contributed by atoms with Gasteiger partial charge in [0.05, 0.1) is 16.6 Å². The van der Waals surface area contributed by atoms with Crippen LogP contribution in [0.5, 0.6) is 0 Å². The minimum absolute atomic E-state index is 0.00820. The first-order chi connectivity index (χ1) is 16.9. The number of hydrogen-bond acceptors (Lipinski definition) is 5. The van der Waals surface area contributed by atoms with Gasteiger partial charge in [-0.3, -0.25) is 14.4 Å². The van der Waals surface area contributed by atoms with Crippen LogP contribution in [-0.2, 0) is 14.4 Å². The number of amides is 3. The van der Waals surface area contributed by atoms with Crippen molar-refractivity contribution in [1.29, 1.82) is 0 Å². The van der Waals surface area contributed by atoms with Crippen LogP contribution < -0.4 is 0 Å². The van der Waals surface area contributed by atoms with E-state index in [9.17, 15) is 19.5 Å². The fraction of sp³-hybridized carbons (Fsp3) is 0.750. The van der Waals surface area contributed by atoms with Gasteiger partial charge in [-0.1, -0.05) is 19.1 Å². The molecule has 3 saturated heterocycles. The van der Waals surface area contributed by atoms with Crippen molar-refractivity contribution in [2.45, 2.75) is 87.8 Å². The molecule has 2 bridgehead atoms. The molecule has 3 rings (SSSR count). The molecule has 1 spiro atoms. The Morgan fingerprint density at radius 2 is 1.83 bits per heavy atom. The van der Waals surface area contributed by atoms with Gasteiger partial charge in [0, 0.05) is 43.1 Å². The molecule has 0 saturated carbocycles. The molecule has 2 unspecified atom stereocenters. The molecule has 3 amide bonds. The van der Waals surface area contributed by atoms with Gasteiger partial charge in [0.15, 0.2) is 0 Å². The lowest BCUT2D eigenvalue weighted by Crippen LogP contribution is -2.59. The third-order valence-corrected chi connectivity index (χ3v) is 10.1. The maximum absolute atomic E-state index is 14.3. The lowest BCUT2D eigenvalue weighted by molar-refractivity contribution is -0.146. The summed E-state index contributed by atoms with van der Waals surface area (Å²) in [7, 11) is 0. The van der Waals surface area contributed by atoms with Crippen LogP contribution in [0, 0.1) is 11.8 Å². The number of aliphatic hydroxyl groups is 1. The number of thioether (sulfide) groups is 1. The minimum atomic E-state index is -0.628. The first kappa shape index (κ1) is 28.8. The molecule has 0 aromatic carbocycles. The first-order valence-corrected chi connectivity index (χ1v) is 14.2. The van der Waals surface area contributed by atoms with E-state index in [4.69, 9.17) is 0 Å². The van der Waals surface area contributed by atoms with Crippen molar-refractivity contribution in [3.05, 3.63) is 25.3 Å². The van der Waals surface area contributed by atoms with Crippen LogP contribution in [0.3, 0.4) is 0 Å². The molecule has 7 nitrogen and oxygen atoms in total. The number of carbonyl (C=O) groups excluding carboxylic acids is 3. The molecule has 5 atom stereocenters. The first-order valence-electron chi connectivity index (χ1n) is 13.4. The van der Waals surface area contributed by atoms with E-state index < -0.39 is 28.2 Å². The fourth-order valence-corrected chi connectivity index (χ4v) is 8.94. The number of carbonyl (C=O) groups is 3. The van der Waals surface area contributed by atoms with Gasteiger partial charge in [0.1, 0.15) is 6.04 Å². The van der Waals surface area contributed by atoms with Crippen LogP contribution in [0.15, 0.2) is 25.3 Å². The molecule has 3 aliphatic heterocycles. The van der Waals surface area contributed by atoms with Crippen LogP contribution in [0.25, 0.3) is 0 Å². The second kappa shape index (κ2) is 10.9. The number of likely N-dealkylation sites (tertiary alicyclic amines) is 1. The number of fused-ring (bicyclic) bond motifs is 1. The lowest BCUT2D eigenvalue weighted by atomic mass is 9.66. The van der Waals surface area contributed by atoms with Crippen molar-refractivity contribution in [3.8, 4) is 0 Å². The minimum Gasteiger partial charge on any atom is -0.396 e. The summed E-state index contributed by atoms with van der Waals surface area (Å²) in [5.74, 6) is -1.12. The Hall–Kier alpha value is -1.80. The van der Waals surface area contributed by atoms with Gasteiger partial charge in [0.25, 0.3) is 0 Å². The van der Waals surface area contributed by atoms with E-state index in [1.807, 2.05) is 37.5 Å². The van der Waals surface area contributed by atoms with Crippen LogP contribution in [0.4, 0.5) is 0 Å². The number of hydrogen-bond donors (Lipinski definition) is 1. The number of rotatable bonds is 12. The standard InChI is InChI=1S/C28H45N3O4S/c1-8-15-29(16-9-2)23(33)20-21-24(34)30(18-11-12-19-32)22(28(21)14-13-27(20,7)36-28)25(35)31(17-10-3)26(4,5)6/h8,10,20-22,32H,1,3,9,11-19H2,2,4-7H3/t20-,21-,22?,27+,28?/m0/s1. The van der Waals surface area contributed by atoms with E-state index in [0.717, 1.165) is 19.3 Å². The summed E-state index contributed by atoms with van der Waals surface area (Å²) in [5, 5.41) is 9.37. The molecule has 36 heavy (non-hydrogen) atoms. The molecule has 202 valence electrons. The van der Waals surface area contributed by atoms with Gasteiger partial charge in [-0.15, -0.1) is 24.9 Å². The van der Waals surface area contributed by atoms with Gasteiger partial charge in [0.2, 0.25) is 17.7 Å². The Labute approximate surface area is 221 Å². The average Bonchev–Trinajstić information content (AvgIpc) is 3.37. The Kier molecular flexibility index (Phi) is 8.71. The van der Waals surface area contributed by atoms with Crippen LogP contribution in [0.2, 0.25) is 0 Å². The maximum Gasteiger partial charge on any atom is 0.247 e. The van der Waals surface area contributed by atoms with Gasteiger partial charge < -0.3 is 19.8 Å². The van der Waals surface area contributed by atoms with Crippen molar-refractivity contribution < 1.29 is 19.5 Å². The predicted octanol–water partition coefficient (Wildman–Crippen LogP) is 3.48. The van der Waals surface area contributed by atoms with Crippen LogP contribution >= 0.6 is 11.8 Å². The summed E-state index contributed by atoms with van der Waals surface area (Å²) in [6.45, 7) is 19.8. The highest BCUT2D eigenvalue weighted by Gasteiger charge is 2.77. The lowest BCUT2D eigenvalue weighted by Gasteiger charge is -2.42. The summed E-state index contributed by atoms with van der Waals surface area (Å²) < 4.78 is -1.01. The molecule has 0 radical (unpaired) electrons. The quantitative estimate of drug-likeness (QED) is 0.315. The van der Waals surface area contributed by atoms with E-state index in [-0.39, 0.29) is 29.1 Å².